The van der Waals surface area contributed by atoms with Crippen molar-refractivity contribution in [3.63, 3.8) is 0 Å². The molecule has 1 aliphatic heterocycles. The highest BCUT2D eigenvalue weighted by Crippen LogP contribution is 2.28. The number of hydrogen-bond acceptors (Lipinski definition) is 5. The van der Waals surface area contributed by atoms with Crippen LogP contribution in [0.25, 0.3) is 0 Å². The van der Waals surface area contributed by atoms with Crippen molar-refractivity contribution in [1.29, 1.82) is 0 Å². The molecule has 0 bridgehead atoms. The van der Waals surface area contributed by atoms with Crippen molar-refractivity contribution < 1.29 is 14.3 Å². The summed E-state index contributed by atoms with van der Waals surface area (Å²) in [6, 6.07) is -0.173. The fourth-order valence-corrected chi connectivity index (χ4v) is 3.93. The van der Waals surface area contributed by atoms with E-state index in [0.29, 0.717) is 18.9 Å². The third-order valence-electron chi connectivity index (χ3n) is 4.09. The fraction of sp³-hybridized carbons (Fsp3) is 0.857. The van der Waals surface area contributed by atoms with Gasteiger partial charge < -0.3 is 15.4 Å². The van der Waals surface area contributed by atoms with Crippen molar-refractivity contribution in [2.75, 3.05) is 24.7 Å². The molecular formula is C14H24N2O3S. The molecule has 20 heavy (non-hydrogen) atoms. The monoisotopic (exact) mass is 300 g/mol. The van der Waals surface area contributed by atoms with Crippen LogP contribution in [0.5, 0.6) is 0 Å². The predicted octanol–water partition coefficient (Wildman–Crippen LogP) is 1.01. The average Bonchev–Trinajstić information content (AvgIpc) is 2.47. The molecule has 2 N–H and O–H groups in total. The van der Waals surface area contributed by atoms with Crippen LogP contribution in [-0.2, 0) is 14.3 Å². The molecule has 0 spiro atoms. The van der Waals surface area contributed by atoms with Gasteiger partial charge >= 0.3 is 5.97 Å². The molecule has 1 saturated carbocycles. The van der Waals surface area contributed by atoms with Gasteiger partial charge in [-0.3, -0.25) is 4.79 Å². The lowest BCUT2D eigenvalue weighted by Gasteiger charge is -2.37. The topological polar surface area (TPSA) is 72.6 Å². The zero-order chi connectivity index (χ0) is 14.5. The number of thioether (sulfide) groups is 1. The molecule has 6 heteroatoms. The van der Waals surface area contributed by atoms with E-state index in [0.717, 1.165) is 31.4 Å². The highest BCUT2D eigenvalue weighted by molar-refractivity contribution is 7.99. The third-order valence-corrected chi connectivity index (χ3v) is 5.11. The Bertz CT molecular complexity index is 356. The summed E-state index contributed by atoms with van der Waals surface area (Å²) in [7, 11) is 0. The second kappa shape index (κ2) is 7.31. The molecule has 0 aromatic heterocycles. The smallest absolute Gasteiger partial charge is 0.329 e. The Morgan fingerprint density at radius 1 is 1.30 bits per heavy atom. The molecule has 1 atom stereocenters. The summed E-state index contributed by atoms with van der Waals surface area (Å²) in [5.41, 5.74) is 5.89. The summed E-state index contributed by atoms with van der Waals surface area (Å²) in [5.74, 6) is 1.44. The third kappa shape index (κ3) is 3.67. The number of amides is 1. The minimum atomic E-state index is -0.406. The summed E-state index contributed by atoms with van der Waals surface area (Å²) in [5, 5.41) is 0. The van der Waals surface area contributed by atoms with Crippen LogP contribution in [0.2, 0.25) is 0 Å². The molecule has 5 nitrogen and oxygen atoms in total. The standard InChI is InChI=1S/C14H24N2O3S/c1-2-19-14(18)12-9-20-8-7-16(12)13(17)10-3-5-11(15)6-4-10/h10-12H,2-9,15H2,1H3. The van der Waals surface area contributed by atoms with Crippen LogP contribution in [-0.4, -0.2) is 53.5 Å². The maximum Gasteiger partial charge on any atom is 0.329 e. The average molecular weight is 300 g/mol. The zero-order valence-corrected chi connectivity index (χ0v) is 12.9. The first-order valence-electron chi connectivity index (χ1n) is 7.44. The molecule has 1 saturated heterocycles. The highest BCUT2D eigenvalue weighted by atomic mass is 32.2. The summed E-state index contributed by atoms with van der Waals surface area (Å²) in [6.45, 7) is 2.80. The van der Waals surface area contributed by atoms with Gasteiger partial charge in [0.15, 0.2) is 0 Å². The summed E-state index contributed by atoms with van der Waals surface area (Å²) < 4.78 is 5.10. The number of rotatable bonds is 3. The number of carbonyl (C=O) groups excluding carboxylic acids is 2. The van der Waals surface area contributed by atoms with Crippen molar-refractivity contribution in [3.05, 3.63) is 0 Å². The molecule has 2 fully saturated rings. The molecule has 0 aromatic rings. The molecule has 2 rings (SSSR count). The van der Waals surface area contributed by atoms with E-state index in [9.17, 15) is 9.59 Å². The van der Waals surface area contributed by atoms with Crippen molar-refractivity contribution in [1.82, 2.24) is 4.90 Å². The van der Waals surface area contributed by atoms with Gasteiger partial charge in [-0.2, -0.15) is 11.8 Å². The van der Waals surface area contributed by atoms with Crippen molar-refractivity contribution in [3.8, 4) is 0 Å². The van der Waals surface area contributed by atoms with Crippen molar-refractivity contribution in [2.45, 2.75) is 44.7 Å². The van der Waals surface area contributed by atoms with Gasteiger partial charge in [0, 0.05) is 30.0 Å². The van der Waals surface area contributed by atoms with E-state index in [1.165, 1.54) is 0 Å². The van der Waals surface area contributed by atoms with Crippen LogP contribution in [0.1, 0.15) is 32.6 Å². The van der Waals surface area contributed by atoms with Crippen LogP contribution in [0.15, 0.2) is 0 Å². The molecule has 0 aromatic carbocycles. The van der Waals surface area contributed by atoms with Gasteiger partial charge in [0.25, 0.3) is 0 Å². The van der Waals surface area contributed by atoms with E-state index in [2.05, 4.69) is 0 Å². The van der Waals surface area contributed by atoms with Crippen LogP contribution in [0.3, 0.4) is 0 Å². The van der Waals surface area contributed by atoms with Crippen LogP contribution >= 0.6 is 11.8 Å². The quantitative estimate of drug-likeness (QED) is 0.788. The number of nitrogens with two attached hydrogens (primary N) is 1. The zero-order valence-electron chi connectivity index (χ0n) is 12.0. The fourth-order valence-electron chi connectivity index (χ4n) is 2.90. The Labute approximate surface area is 124 Å². The minimum absolute atomic E-state index is 0.0369. The van der Waals surface area contributed by atoms with E-state index in [1.54, 1.807) is 23.6 Å². The molecule has 1 amide bonds. The maximum absolute atomic E-state index is 12.6. The summed E-state index contributed by atoms with van der Waals surface area (Å²) in [6.07, 6.45) is 3.50. The van der Waals surface area contributed by atoms with Gasteiger partial charge in [-0.1, -0.05) is 0 Å². The second-order valence-electron chi connectivity index (χ2n) is 5.49. The number of esters is 1. The largest absolute Gasteiger partial charge is 0.464 e. The molecule has 114 valence electrons. The molecule has 1 unspecified atom stereocenters. The van der Waals surface area contributed by atoms with Gasteiger partial charge in [-0.15, -0.1) is 0 Å². The summed E-state index contributed by atoms with van der Waals surface area (Å²) >= 11 is 1.71. The molecular weight excluding hydrogens is 276 g/mol. The van der Waals surface area contributed by atoms with E-state index < -0.39 is 6.04 Å². The Morgan fingerprint density at radius 3 is 2.65 bits per heavy atom. The Morgan fingerprint density at radius 2 is 2.00 bits per heavy atom. The van der Waals surface area contributed by atoms with Crippen molar-refractivity contribution in [2.24, 2.45) is 11.7 Å². The molecule has 2 aliphatic rings. The van der Waals surface area contributed by atoms with Crippen LogP contribution in [0.4, 0.5) is 0 Å². The second-order valence-corrected chi connectivity index (χ2v) is 6.64. The number of ether oxygens (including phenoxy) is 1. The van der Waals surface area contributed by atoms with Gasteiger partial charge in [-0.25, -0.2) is 4.79 Å². The first-order chi connectivity index (χ1) is 9.63. The van der Waals surface area contributed by atoms with E-state index in [1.807, 2.05) is 0 Å². The van der Waals surface area contributed by atoms with Crippen LogP contribution < -0.4 is 5.73 Å². The first-order valence-corrected chi connectivity index (χ1v) is 8.59. The van der Waals surface area contributed by atoms with Gasteiger partial charge in [-0.05, 0) is 32.6 Å². The van der Waals surface area contributed by atoms with E-state index >= 15 is 0 Å². The lowest BCUT2D eigenvalue weighted by atomic mass is 9.85. The lowest BCUT2D eigenvalue weighted by molar-refractivity contribution is -0.155. The lowest BCUT2D eigenvalue weighted by Crippen LogP contribution is -2.53. The van der Waals surface area contributed by atoms with E-state index in [4.69, 9.17) is 10.5 Å². The summed E-state index contributed by atoms with van der Waals surface area (Å²) in [4.78, 5) is 26.4. The minimum Gasteiger partial charge on any atom is -0.464 e. The normalized spacial score (nSPS) is 30.9. The predicted molar refractivity (Wildman–Crippen MR) is 79.4 cm³/mol. The highest BCUT2D eigenvalue weighted by Gasteiger charge is 2.37. The number of carbonyl (C=O) groups is 2. The van der Waals surface area contributed by atoms with Crippen molar-refractivity contribution >= 4 is 23.6 Å². The van der Waals surface area contributed by atoms with Crippen LogP contribution in [0, 0.1) is 5.92 Å². The molecule has 1 heterocycles. The van der Waals surface area contributed by atoms with Gasteiger partial charge in [0.2, 0.25) is 5.91 Å². The van der Waals surface area contributed by atoms with E-state index in [-0.39, 0.29) is 23.8 Å². The maximum atomic E-state index is 12.6. The molecule has 0 radical (unpaired) electrons. The van der Waals surface area contributed by atoms with Gasteiger partial charge in [0.1, 0.15) is 6.04 Å². The first kappa shape index (κ1) is 15.6. The Balaban J connectivity index is 1.99. The SMILES string of the molecule is CCOC(=O)C1CSCCN1C(=O)C1CCC(N)CC1. The number of nitrogens with zero attached hydrogens (tertiary/aromatic N) is 1. The Hall–Kier alpha value is -0.750. The Kier molecular flexibility index (Phi) is 5.72. The van der Waals surface area contributed by atoms with Gasteiger partial charge in [0.05, 0.1) is 6.61 Å². The number of hydrogen-bond donors (Lipinski definition) is 1. The molecule has 1 aliphatic carbocycles.